The lowest BCUT2D eigenvalue weighted by atomic mass is 10.2. The monoisotopic (exact) mass is 318 g/mol. The Bertz CT molecular complexity index is 786. The molecule has 0 unspecified atom stereocenters. The Labute approximate surface area is 128 Å². The summed E-state index contributed by atoms with van der Waals surface area (Å²) >= 11 is 0. The molecular formula is C15H14N2O4S. The Balaban J connectivity index is 2.15. The van der Waals surface area contributed by atoms with Crippen molar-refractivity contribution >= 4 is 27.9 Å². The fourth-order valence-corrected chi connectivity index (χ4v) is 2.45. The number of aromatic nitrogens is 1. The zero-order chi connectivity index (χ0) is 16.0. The summed E-state index contributed by atoms with van der Waals surface area (Å²) in [6.07, 6.45) is 2.79. The molecule has 114 valence electrons. The maximum Gasteiger partial charge on any atom is 0.338 e. The lowest BCUT2D eigenvalue weighted by Crippen LogP contribution is -2.11. The maximum absolute atomic E-state index is 12.0. The molecule has 0 radical (unpaired) electrons. The number of hydrogen-bond acceptors (Lipinski definition) is 5. The summed E-state index contributed by atoms with van der Waals surface area (Å²) < 4.78 is 30.8. The molecule has 0 saturated carbocycles. The Kier molecular flexibility index (Phi) is 4.90. The van der Waals surface area contributed by atoms with Crippen LogP contribution in [0.5, 0.6) is 0 Å². The maximum atomic E-state index is 12.0. The first kappa shape index (κ1) is 15.7. The number of benzene rings is 1. The third-order valence-corrected chi connectivity index (χ3v) is 3.66. The van der Waals surface area contributed by atoms with E-state index in [2.05, 4.69) is 14.4 Å². The fourth-order valence-electron chi connectivity index (χ4n) is 1.64. The van der Waals surface area contributed by atoms with Crippen LogP contribution in [0.25, 0.3) is 6.08 Å². The van der Waals surface area contributed by atoms with Gasteiger partial charge in [-0.1, -0.05) is 30.3 Å². The molecule has 0 saturated heterocycles. The summed E-state index contributed by atoms with van der Waals surface area (Å²) in [6, 6.07) is 11.8. The molecule has 7 heteroatoms. The van der Waals surface area contributed by atoms with E-state index in [1.165, 1.54) is 31.5 Å². The Morgan fingerprint density at radius 3 is 2.64 bits per heavy atom. The molecule has 0 bridgehead atoms. The van der Waals surface area contributed by atoms with E-state index in [0.717, 1.165) is 11.0 Å². The number of methoxy groups -OCH3 is 1. The molecule has 1 aromatic heterocycles. The van der Waals surface area contributed by atoms with Crippen LogP contribution in [0.2, 0.25) is 0 Å². The minimum Gasteiger partial charge on any atom is -0.465 e. The van der Waals surface area contributed by atoms with Gasteiger partial charge in [-0.25, -0.2) is 18.2 Å². The summed E-state index contributed by atoms with van der Waals surface area (Å²) in [4.78, 5) is 15.3. The fraction of sp³-hybridized carbons (Fsp3) is 0.0667. The lowest BCUT2D eigenvalue weighted by Gasteiger charge is -2.05. The molecule has 1 heterocycles. The summed E-state index contributed by atoms with van der Waals surface area (Å²) in [5.74, 6) is -0.525. The van der Waals surface area contributed by atoms with E-state index in [9.17, 15) is 13.2 Å². The van der Waals surface area contributed by atoms with Crippen molar-refractivity contribution in [2.45, 2.75) is 0 Å². The molecule has 1 N–H and O–H groups in total. The van der Waals surface area contributed by atoms with Gasteiger partial charge in [0.25, 0.3) is 10.0 Å². The zero-order valence-corrected chi connectivity index (χ0v) is 12.6. The van der Waals surface area contributed by atoms with Gasteiger partial charge in [0.1, 0.15) is 5.82 Å². The smallest absolute Gasteiger partial charge is 0.338 e. The van der Waals surface area contributed by atoms with Crippen molar-refractivity contribution in [2.75, 3.05) is 11.8 Å². The van der Waals surface area contributed by atoms with Gasteiger partial charge in [0.2, 0.25) is 0 Å². The van der Waals surface area contributed by atoms with E-state index in [4.69, 9.17) is 0 Å². The highest BCUT2D eigenvalue weighted by molar-refractivity contribution is 7.95. The molecule has 1 aromatic carbocycles. The van der Waals surface area contributed by atoms with E-state index >= 15 is 0 Å². The average molecular weight is 318 g/mol. The van der Waals surface area contributed by atoms with Crippen LogP contribution in [0.3, 0.4) is 0 Å². The SMILES string of the molecule is COC(=O)c1ccnc(NS(=O)(=O)/C=C/c2ccccc2)c1. The number of anilines is 1. The van der Waals surface area contributed by atoms with Crippen LogP contribution in [0, 0.1) is 0 Å². The number of hydrogen-bond donors (Lipinski definition) is 1. The van der Waals surface area contributed by atoms with Crippen molar-refractivity contribution in [1.29, 1.82) is 0 Å². The number of nitrogens with one attached hydrogen (secondary N) is 1. The number of carbonyl (C=O) groups excluding carboxylic acids is 1. The van der Waals surface area contributed by atoms with Gasteiger partial charge in [0, 0.05) is 6.20 Å². The predicted octanol–water partition coefficient (Wildman–Crippen LogP) is 2.28. The van der Waals surface area contributed by atoms with Crippen LogP contribution in [-0.2, 0) is 14.8 Å². The van der Waals surface area contributed by atoms with Gasteiger partial charge < -0.3 is 4.74 Å². The minimum absolute atomic E-state index is 0.0422. The van der Waals surface area contributed by atoms with Gasteiger partial charge in [-0.05, 0) is 23.8 Å². The first-order chi connectivity index (χ1) is 10.5. The minimum atomic E-state index is -3.73. The van der Waals surface area contributed by atoms with Gasteiger partial charge in [-0.2, -0.15) is 0 Å². The predicted molar refractivity (Wildman–Crippen MR) is 83.6 cm³/mol. The standard InChI is InChI=1S/C15H14N2O4S/c1-21-15(18)13-7-9-16-14(11-13)17-22(19,20)10-8-12-5-3-2-4-6-12/h2-11H,1H3,(H,16,17)/b10-8+. The van der Waals surface area contributed by atoms with Crippen molar-refractivity contribution in [1.82, 2.24) is 4.98 Å². The van der Waals surface area contributed by atoms with Crippen molar-refractivity contribution in [3.05, 3.63) is 65.2 Å². The van der Waals surface area contributed by atoms with E-state index in [1.54, 1.807) is 24.3 Å². The van der Waals surface area contributed by atoms with Gasteiger partial charge in [-0.15, -0.1) is 0 Å². The highest BCUT2D eigenvalue weighted by Crippen LogP contribution is 2.11. The molecule has 0 aliphatic carbocycles. The van der Waals surface area contributed by atoms with Gasteiger partial charge in [0.05, 0.1) is 18.1 Å². The normalized spacial score (nSPS) is 11.3. The topological polar surface area (TPSA) is 85.4 Å². The quantitative estimate of drug-likeness (QED) is 0.855. The third-order valence-electron chi connectivity index (χ3n) is 2.67. The van der Waals surface area contributed by atoms with Gasteiger partial charge >= 0.3 is 5.97 Å². The number of carbonyl (C=O) groups is 1. The third kappa shape index (κ3) is 4.42. The molecule has 0 spiro atoms. The van der Waals surface area contributed by atoms with Crippen LogP contribution < -0.4 is 4.72 Å². The van der Waals surface area contributed by atoms with Crippen LogP contribution in [0.4, 0.5) is 5.82 Å². The molecule has 6 nitrogen and oxygen atoms in total. The molecule has 22 heavy (non-hydrogen) atoms. The van der Waals surface area contributed by atoms with Crippen molar-refractivity contribution < 1.29 is 17.9 Å². The molecule has 0 aliphatic rings. The first-order valence-electron chi connectivity index (χ1n) is 6.30. The highest BCUT2D eigenvalue weighted by atomic mass is 32.2. The lowest BCUT2D eigenvalue weighted by molar-refractivity contribution is 0.0600. The Hall–Kier alpha value is -2.67. The summed E-state index contributed by atoms with van der Waals surface area (Å²) in [7, 11) is -2.48. The van der Waals surface area contributed by atoms with E-state index in [1.807, 2.05) is 6.07 Å². The molecule has 2 aromatic rings. The van der Waals surface area contributed by atoms with Crippen molar-refractivity contribution in [2.24, 2.45) is 0 Å². The van der Waals surface area contributed by atoms with E-state index in [-0.39, 0.29) is 11.4 Å². The van der Waals surface area contributed by atoms with Crippen LogP contribution >= 0.6 is 0 Å². The number of nitrogens with zero attached hydrogens (tertiary/aromatic N) is 1. The van der Waals surface area contributed by atoms with Crippen LogP contribution in [-0.4, -0.2) is 26.5 Å². The highest BCUT2D eigenvalue weighted by Gasteiger charge is 2.10. The van der Waals surface area contributed by atoms with Crippen molar-refractivity contribution in [3.8, 4) is 0 Å². The summed E-state index contributed by atoms with van der Waals surface area (Å²) in [5, 5.41) is 1.04. The molecular weight excluding hydrogens is 304 g/mol. The molecule has 0 atom stereocenters. The average Bonchev–Trinajstić information content (AvgIpc) is 2.53. The summed E-state index contributed by atoms with van der Waals surface area (Å²) in [6.45, 7) is 0. The molecule has 0 aliphatic heterocycles. The van der Waals surface area contributed by atoms with Gasteiger partial charge in [0.15, 0.2) is 0 Å². The second kappa shape index (κ2) is 6.86. The van der Waals surface area contributed by atoms with Crippen molar-refractivity contribution in [3.63, 3.8) is 0 Å². The Morgan fingerprint density at radius 2 is 1.95 bits per heavy atom. The van der Waals surface area contributed by atoms with E-state index in [0.29, 0.717) is 0 Å². The Morgan fingerprint density at radius 1 is 1.23 bits per heavy atom. The number of pyridine rings is 1. The van der Waals surface area contributed by atoms with Crippen LogP contribution in [0.1, 0.15) is 15.9 Å². The van der Waals surface area contributed by atoms with Gasteiger partial charge in [-0.3, -0.25) is 4.72 Å². The summed E-state index contributed by atoms with van der Waals surface area (Å²) in [5.41, 5.74) is 0.964. The van der Waals surface area contributed by atoms with E-state index < -0.39 is 16.0 Å². The largest absolute Gasteiger partial charge is 0.465 e. The number of ether oxygens (including phenoxy) is 1. The second-order valence-corrected chi connectivity index (χ2v) is 5.85. The number of sulfonamides is 1. The van der Waals surface area contributed by atoms with Crippen LogP contribution in [0.15, 0.2) is 54.1 Å². The first-order valence-corrected chi connectivity index (χ1v) is 7.85. The number of esters is 1. The molecule has 0 fully saturated rings. The molecule has 2 rings (SSSR count). The molecule has 0 amide bonds. The second-order valence-electron chi connectivity index (χ2n) is 4.28. The number of rotatable bonds is 5. The zero-order valence-electron chi connectivity index (χ0n) is 11.8.